The molecule has 0 aliphatic rings. The molecule has 0 saturated carbocycles. The normalized spacial score (nSPS) is 10.7. The number of aromatic nitrogens is 2. The van der Waals surface area contributed by atoms with E-state index in [-0.39, 0.29) is 5.91 Å². The van der Waals surface area contributed by atoms with Gasteiger partial charge in [0.1, 0.15) is 5.69 Å². The molecule has 0 atom stereocenters. The van der Waals surface area contributed by atoms with Crippen LogP contribution in [0.25, 0.3) is 10.6 Å². The summed E-state index contributed by atoms with van der Waals surface area (Å²) in [4.78, 5) is 18.5. The van der Waals surface area contributed by atoms with Crippen molar-refractivity contribution in [2.24, 2.45) is 0 Å². The van der Waals surface area contributed by atoms with Crippen molar-refractivity contribution < 1.29 is 9.63 Å². The van der Waals surface area contributed by atoms with Crippen molar-refractivity contribution in [2.75, 3.05) is 14.2 Å². The number of hydrogen-bond donors (Lipinski definition) is 0. The van der Waals surface area contributed by atoms with E-state index in [0.29, 0.717) is 17.8 Å². The third kappa shape index (κ3) is 3.33. The second-order valence-corrected chi connectivity index (χ2v) is 5.98. The van der Waals surface area contributed by atoms with E-state index in [1.165, 1.54) is 12.2 Å². The van der Waals surface area contributed by atoms with Crippen molar-refractivity contribution in [3.8, 4) is 10.6 Å². The van der Waals surface area contributed by atoms with Gasteiger partial charge >= 0.3 is 0 Å². The van der Waals surface area contributed by atoms with Crippen LogP contribution >= 0.6 is 11.3 Å². The van der Waals surface area contributed by atoms with Crippen LogP contribution in [0.1, 0.15) is 15.9 Å². The first-order valence-electron chi connectivity index (χ1n) is 7.16. The summed E-state index contributed by atoms with van der Waals surface area (Å²) in [7, 11) is 3.06. The van der Waals surface area contributed by atoms with Crippen LogP contribution < -0.4 is 0 Å². The highest BCUT2D eigenvalue weighted by Crippen LogP contribution is 2.27. The maximum Gasteiger partial charge on any atom is 0.281 e. The Morgan fingerprint density at radius 1 is 1.26 bits per heavy atom. The van der Waals surface area contributed by atoms with E-state index < -0.39 is 0 Å². The van der Waals surface area contributed by atoms with E-state index in [9.17, 15) is 4.79 Å². The van der Waals surface area contributed by atoms with Gasteiger partial charge in [-0.2, -0.15) is 5.10 Å². The summed E-state index contributed by atoms with van der Waals surface area (Å²) in [6.45, 7) is 0.614. The minimum Gasteiger partial charge on any atom is -0.274 e. The second kappa shape index (κ2) is 6.76. The molecule has 2 heterocycles. The highest BCUT2D eigenvalue weighted by atomic mass is 32.1. The van der Waals surface area contributed by atoms with Gasteiger partial charge in [0.15, 0.2) is 0 Å². The van der Waals surface area contributed by atoms with E-state index in [4.69, 9.17) is 4.84 Å². The van der Waals surface area contributed by atoms with Crippen LogP contribution in [0, 0.1) is 0 Å². The highest BCUT2D eigenvalue weighted by molar-refractivity contribution is 7.13. The third-order valence-electron chi connectivity index (χ3n) is 3.49. The highest BCUT2D eigenvalue weighted by Gasteiger charge is 2.21. The van der Waals surface area contributed by atoms with Crippen LogP contribution in [0.5, 0.6) is 0 Å². The summed E-state index contributed by atoms with van der Waals surface area (Å²) < 4.78 is 1.79. The van der Waals surface area contributed by atoms with Crippen LogP contribution in [0.4, 0.5) is 0 Å². The van der Waals surface area contributed by atoms with Gasteiger partial charge in [0.05, 0.1) is 24.1 Å². The molecule has 0 aliphatic heterocycles. The molecular formula is C17H17N3O2S. The molecule has 3 aromatic rings. The first kappa shape index (κ1) is 15.5. The van der Waals surface area contributed by atoms with Gasteiger partial charge in [-0.15, -0.1) is 11.3 Å². The summed E-state index contributed by atoms with van der Waals surface area (Å²) in [5, 5.41) is 7.79. The fraction of sp³-hybridized carbons (Fsp3) is 0.176. The first-order valence-corrected chi connectivity index (χ1v) is 8.04. The van der Waals surface area contributed by atoms with Gasteiger partial charge in [0.2, 0.25) is 0 Å². The molecular weight excluding hydrogens is 310 g/mol. The lowest BCUT2D eigenvalue weighted by Gasteiger charge is -2.12. The fourth-order valence-corrected chi connectivity index (χ4v) is 3.00. The lowest BCUT2D eigenvalue weighted by Crippen LogP contribution is -2.25. The SMILES string of the molecule is CON(C)C(=O)c1cn(Cc2ccccc2)nc1-c1cccs1. The predicted octanol–water partition coefficient (Wildman–Crippen LogP) is 3.29. The first-order chi connectivity index (χ1) is 11.2. The van der Waals surface area contributed by atoms with Crippen molar-refractivity contribution in [3.05, 3.63) is 65.2 Å². The van der Waals surface area contributed by atoms with Crippen LogP contribution in [0.3, 0.4) is 0 Å². The van der Waals surface area contributed by atoms with Gasteiger partial charge < -0.3 is 0 Å². The van der Waals surface area contributed by atoms with Gasteiger partial charge in [-0.25, -0.2) is 5.06 Å². The largest absolute Gasteiger partial charge is 0.281 e. The van der Waals surface area contributed by atoms with E-state index >= 15 is 0 Å². The zero-order valence-corrected chi connectivity index (χ0v) is 13.8. The summed E-state index contributed by atoms with van der Waals surface area (Å²) in [6, 6.07) is 13.9. The van der Waals surface area contributed by atoms with Gasteiger partial charge in [0.25, 0.3) is 5.91 Å². The maximum atomic E-state index is 12.5. The molecule has 0 bridgehead atoms. The molecule has 0 spiro atoms. The van der Waals surface area contributed by atoms with Crippen molar-refractivity contribution >= 4 is 17.2 Å². The molecule has 3 rings (SSSR count). The summed E-state index contributed by atoms with van der Waals surface area (Å²) in [5.41, 5.74) is 2.35. The molecule has 0 radical (unpaired) electrons. The van der Waals surface area contributed by atoms with E-state index in [1.54, 1.807) is 29.3 Å². The van der Waals surface area contributed by atoms with Crippen LogP contribution in [0.2, 0.25) is 0 Å². The Morgan fingerprint density at radius 2 is 2.04 bits per heavy atom. The zero-order valence-electron chi connectivity index (χ0n) is 13.0. The minimum absolute atomic E-state index is 0.213. The monoisotopic (exact) mass is 327 g/mol. The van der Waals surface area contributed by atoms with Gasteiger partial charge in [-0.3, -0.25) is 14.3 Å². The topological polar surface area (TPSA) is 47.4 Å². The molecule has 1 amide bonds. The number of thiophene rings is 1. The Morgan fingerprint density at radius 3 is 2.70 bits per heavy atom. The average Bonchev–Trinajstić information content (AvgIpc) is 3.23. The van der Waals surface area contributed by atoms with Crippen molar-refractivity contribution in [2.45, 2.75) is 6.54 Å². The molecule has 0 N–H and O–H groups in total. The Hall–Kier alpha value is -2.44. The molecule has 0 fully saturated rings. The number of rotatable bonds is 5. The molecule has 23 heavy (non-hydrogen) atoms. The number of carbonyl (C=O) groups is 1. The standard InChI is InChI=1S/C17H17N3O2S/c1-19(22-2)17(21)14-12-20(11-13-7-4-3-5-8-13)18-16(14)15-9-6-10-23-15/h3-10,12H,11H2,1-2H3. The van der Waals surface area contributed by atoms with Crippen molar-refractivity contribution in [1.29, 1.82) is 0 Å². The lowest BCUT2D eigenvalue weighted by atomic mass is 10.2. The second-order valence-electron chi connectivity index (χ2n) is 5.04. The molecule has 6 heteroatoms. The van der Waals surface area contributed by atoms with E-state index in [0.717, 1.165) is 10.4 Å². The number of hydrogen-bond acceptors (Lipinski definition) is 4. The Labute approximate surface area is 138 Å². The molecule has 0 saturated heterocycles. The van der Waals surface area contributed by atoms with Gasteiger partial charge in [-0.1, -0.05) is 36.4 Å². The Kier molecular flexibility index (Phi) is 4.55. The summed E-state index contributed by atoms with van der Waals surface area (Å²) in [5.74, 6) is -0.213. The van der Waals surface area contributed by atoms with Crippen molar-refractivity contribution in [3.63, 3.8) is 0 Å². The van der Waals surface area contributed by atoms with Crippen molar-refractivity contribution in [1.82, 2.24) is 14.8 Å². The van der Waals surface area contributed by atoms with Crippen LogP contribution in [-0.4, -0.2) is 34.9 Å². The molecule has 0 aliphatic carbocycles. The smallest absolute Gasteiger partial charge is 0.274 e. The number of nitrogens with zero attached hydrogens (tertiary/aromatic N) is 3. The number of carbonyl (C=O) groups excluding carboxylic acids is 1. The van der Waals surface area contributed by atoms with Crippen LogP contribution in [-0.2, 0) is 11.4 Å². The number of benzene rings is 1. The summed E-state index contributed by atoms with van der Waals surface area (Å²) >= 11 is 1.56. The van der Waals surface area contributed by atoms with Gasteiger partial charge in [0, 0.05) is 13.2 Å². The predicted molar refractivity (Wildman–Crippen MR) is 90.2 cm³/mol. The number of amides is 1. The average molecular weight is 327 g/mol. The van der Waals surface area contributed by atoms with Gasteiger partial charge in [-0.05, 0) is 17.0 Å². The minimum atomic E-state index is -0.213. The molecule has 2 aromatic heterocycles. The molecule has 5 nitrogen and oxygen atoms in total. The quantitative estimate of drug-likeness (QED) is 0.676. The van der Waals surface area contributed by atoms with Crippen LogP contribution in [0.15, 0.2) is 54.0 Å². The van der Waals surface area contributed by atoms with E-state index in [1.807, 2.05) is 47.8 Å². The van der Waals surface area contributed by atoms with E-state index in [2.05, 4.69) is 5.10 Å². The Balaban J connectivity index is 1.98. The zero-order chi connectivity index (χ0) is 16.2. The third-order valence-corrected chi connectivity index (χ3v) is 4.37. The molecule has 118 valence electrons. The lowest BCUT2D eigenvalue weighted by molar-refractivity contribution is -0.0756. The summed E-state index contributed by atoms with van der Waals surface area (Å²) in [6.07, 6.45) is 1.78. The Bertz CT molecular complexity index is 782. The fourth-order valence-electron chi connectivity index (χ4n) is 2.28. The molecule has 1 aromatic carbocycles. The molecule has 0 unspecified atom stereocenters. The maximum absolute atomic E-state index is 12.5. The number of hydroxylamine groups is 2.